The fraction of sp³-hybridized carbons (Fsp3) is 1.00. The highest BCUT2D eigenvalue weighted by molar-refractivity contribution is 7.88. The van der Waals surface area contributed by atoms with Crippen molar-refractivity contribution in [3.63, 3.8) is 0 Å². The molecule has 13 heavy (non-hydrogen) atoms. The van der Waals surface area contributed by atoms with Crippen molar-refractivity contribution in [2.45, 2.75) is 27.2 Å². The van der Waals surface area contributed by atoms with Gasteiger partial charge in [-0.3, -0.25) is 0 Å². The van der Waals surface area contributed by atoms with E-state index in [1.165, 1.54) is 6.26 Å². The van der Waals surface area contributed by atoms with Crippen LogP contribution in [0.4, 0.5) is 0 Å². The Labute approximate surface area is 81.2 Å². The van der Waals surface area contributed by atoms with E-state index in [2.05, 4.69) is 20.8 Å². The van der Waals surface area contributed by atoms with Crippen LogP contribution in [0.25, 0.3) is 0 Å². The van der Waals surface area contributed by atoms with E-state index in [1.807, 2.05) is 0 Å². The van der Waals surface area contributed by atoms with Crippen LogP contribution in [0.3, 0.4) is 0 Å². The lowest BCUT2D eigenvalue weighted by atomic mass is 9.76. The summed E-state index contributed by atoms with van der Waals surface area (Å²) in [5, 5.41) is 0. The van der Waals surface area contributed by atoms with Crippen molar-refractivity contribution in [3.8, 4) is 0 Å². The van der Waals surface area contributed by atoms with Gasteiger partial charge < -0.3 is 0 Å². The maximum atomic E-state index is 11.3. The second-order valence-electron chi connectivity index (χ2n) is 4.77. The van der Waals surface area contributed by atoms with Gasteiger partial charge in [-0.05, 0) is 17.8 Å². The van der Waals surface area contributed by atoms with Crippen LogP contribution in [0.2, 0.25) is 0 Å². The molecule has 0 aromatic heterocycles. The Hall–Kier alpha value is -0.0900. The van der Waals surface area contributed by atoms with Crippen molar-refractivity contribution < 1.29 is 8.42 Å². The first kappa shape index (κ1) is 11.0. The van der Waals surface area contributed by atoms with Crippen molar-refractivity contribution in [1.29, 1.82) is 0 Å². The first-order valence-electron chi connectivity index (χ1n) is 4.68. The first-order valence-corrected chi connectivity index (χ1v) is 6.53. The van der Waals surface area contributed by atoms with Gasteiger partial charge in [-0.25, -0.2) is 12.7 Å². The molecule has 0 spiro atoms. The quantitative estimate of drug-likeness (QED) is 0.647. The van der Waals surface area contributed by atoms with Gasteiger partial charge in [0.1, 0.15) is 0 Å². The van der Waals surface area contributed by atoms with Crippen LogP contribution in [0.15, 0.2) is 0 Å². The predicted molar refractivity (Wildman–Crippen MR) is 54.0 cm³/mol. The van der Waals surface area contributed by atoms with Gasteiger partial charge in [-0.15, -0.1) is 0 Å². The fourth-order valence-corrected chi connectivity index (χ4v) is 2.71. The lowest BCUT2D eigenvalue weighted by molar-refractivity contribution is 0.117. The molecule has 0 saturated carbocycles. The fourth-order valence-electron chi connectivity index (χ4n) is 1.70. The van der Waals surface area contributed by atoms with Gasteiger partial charge in [0.25, 0.3) is 0 Å². The highest BCUT2D eigenvalue weighted by Gasteiger charge is 2.35. The molecule has 3 nitrogen and oxygen atoms in total. The van der Waals surface area contributed by atoms with E-state index in [0.717, 1.165) is 6.42 Å². The molecular formula is C9H19NO2S. The summed E-state index contributed by atoms with van der Waals surface area (Å²) in [6, 6.07) is 0. The molecule has 1 aliphatic heterocycles. The summed E-state index contributed by atoms with van der Waals surface area (Å²) in [4.78, 5) is 0. The first-order chi connectivity index (χ1) is 5.73. The van der Waals surface area contributed by atoms with Crippen molar-refractivity contribution in [2.75, 3.05) is 19.3 Å². The normalized spacial score (nSPS) is 30.3. The summed E-state index contributed by atoms with van der Waals surface area (Å²) < 4.78 is 24.2. The van der Waals surface area contributed by atoms with Crippen LogP contribution in [0, 0.1) is 11.3 Å². The van der Waals surface area contributed by atoms with Crippen molar-refractivity contribution >= 4 is 10.0 Å². The Morgan fingerprint density at radius 3 is 2.31 bits per heavy atom. The summed E-state index contributed by atoms with van der Waals surface area (Å²) in [7, 11) is -2.99. The smallest absolute Gasteiger partial charge is 0.211 e. The Morgan fingerprint density at radius 1 is 1.38 bits per heavy atom. The molecule has 0 aromatic rings. The maximum Gasteiger partial charge on any atom is 0.211 e. The maximum absolute atomic E-state index is 11.3. The molecule has 4 heteroatoms. The number of piperidine rings is 1. The average molecular weight is 205 g/mol. The highest BCUT2D eigenvalue weighted by Crippen LogP contribution is 2.34. The topological polar surface area (TPSA) is 37.4 Å². The van der Waals surface area contributed by atoms with Gasteiger partial charge in [0.2, 0.25) is 10.0 Å². The van der Waals surface area contributed by atoms with Crippen molar-refractivity contribution in [3.05, 3.63) is 0 Å². The minimum Gasteiger partial charge on any atom is -0.213 e. The average Bonchev–Trinajstić information content (AvgIpc) is 1.92. The largest absolute Gasteiger partial charge is 0.213 e. The van der Waals surface area contributed by atoms with Gasteiger partial charge in [0, 0.05) is 13.1 Å². The minimum absolute atomic E-state index is 0.112. The molecule has 1 heterocycles. The molecule has 1 rings (SSSR count). The van der Waals surface area contributed by atoms with Crippen LogP contribution in [-0.4, -0.2) is 32.1 Å². The molecule has 78 valence electrons. The molecule has 1 aliphatic rings. The second-order valence-corrected chi connectivity index (χ2v) is 6.76. The van der Waals surface area contributed by atoms with Crippen LogP contribution in [0.5, 0.6) is 0 Å². The van der Waals surface area contributed by atoms with Gasteiger partial charge in [-0.1, -0.05) is 20.8 Å². The standard InChI is InChI=1S/C9H19NO2S/c1-8-5-6-10(13(4,11)12)7-9(8,2)3/h8H,5-7H2,1-4H3. The van der Waals surface area contributed by atoms with Crippen LogP contribution >= 0.6 is 0 Å². The Bertz CT molecular complexity index is 282. The number of nitrogens with zero attached hydrogens (tertiary/aromatic N) is 1. The zero-order valence-corrected chi connectivity index (χ0v) is 9.69. The molecule has 0 aliphatic carbocycles. The molecule has 0 radical (unpaired) electrons. The number of sulfonamides is 1. The molecule has 0 N–H and O–H groups in total. The summed E-state index contributed by atoms with van der Waals surface area (Å²) >= 11 is 0. The van der Waals surface area contributed by atoms with Crippen LogP contribution < -0.4 is 0 Å². The lowest BCUT2D eigenvalue weighted by Crippen LogP contribution is -2.46. The van der Waals surface area contributed by atoms with Crippen LogP contribution in [0.1, 0.15) is 27.2 Å². The third-order valence-electron chi connectivity index (χ3n) is 3.20. The number of hydrogen-bond acceptors (Lipinski definition) is 2. The Morgan fingerprint density at radius 2 is 1.92 bits per heavy atom. The van der Waals surface area contributed by atoms with E-state index in [1.54, 1.807) is 4.31 Å². The third kappa shape index (κ3) is 2.44. The molecule has 1 atom stereocenters. The summed E-state index contributed by atoms with van der Waals surface area (Å²) in [5.74, 6) is 0.602. The second kappa shape index (κ2) is 3.24. The molecule has 1 unspecified atom stereocenters. The van der Waals surface area contributed by atoms with Gasteiger partial charge in [-0.2, -0.15) is 0 Å². The summed E-state index contributed by atoms with van der Waals surface area (Å²) in [6.07, 6.45) is 2.26. The molecule has 1 fully saturated rings. The Balaban J connectivity index is 2.78. The Kier molecular flexibility index (Phi) is 2.74. The third-order valence-corrected chi connectivity index (χ3v) is 4.45. The van der Waals surface area contributed by atoms with E-state index in [9.17, 15) is 8.42 Å². The van der Waals surface area contributed by atoms with Crippen molar-refractivity contribution in [1.82, 2.24) is 4.31 Å². The van der Waals surface area contributed by atoms with Crippen molar-refractivity contribution in [2.24, 2.45) is 11.3 Å². The van der Waals surface area contributed by atoms with E-state index in [4.69, 9.17) is 0 Å². The van der Waals surface area contributed by atoms with Gasteiger partial charge >= 0.3 is 0 Å². The molecule has 1 saturated heterocycles. The molecule has 0 bridgehead atoms. The summed E-state index contributed by atoms with van der Waals surface area (Å²) in [5.41, 5.74) is 0.112. The SMILES string of the molecule is CC1CCN(S(C)(=O)=O)CC1(C)C. The summed E-state index contributed by atoms with van der Waals surface area (Å²) in [6.45, 7) is 7.81. The van der Waals surface area contributed by atoms with Gasteiger partial charge in [0.05, 0.1) is 6.26 Å². The molecular weight excluding hydrogens is 186 g/mol. The predicted octanol–water partition coefficient (Wildman–Crippen LogP) is 1.31. The monoisotopic (exact) mass is 205 g/mol. The molecule has 0 aromatic carbocycles. The number of rotatable bonds is 1. The van der Waals surface area contributed by atoms with E-state index >= 15 is 0 Å². The molecule has 0 amide bonds. The number of hydrogen-bond donors (Lipinski definition) is 0. The van der Waals surface area contributed by atoms with E-state index in [-0.39, 0.29) is 5.41 Å². The van der Waals surface area contributed by atoms with Gasteiger partial charge in [0.15, 0.2) is 0 Å². The zero-order chi connectivity index (χ0) is 10.3. The zero-order valence-electron chi connectivity index (χ0n) is 8.87. The highest BCUT2D eigenvalue weighted by atomic mass is 32.2. The lowest BCUT2D eigenvalue weighted by Gasteiger charge is -2.41. The minimum atomic E-state index is -2.99. The van der Waals surface area contributed by atoms with Crippen LogP contribution in [-0.2, 0) is 10.0 Å². The van der Waals surface area contributed by atoms with E-state index in [0.29, 0.717) is 19.0 Å². The van der Waals surface area contributed by atoms with E-state index < -0.39 is 10.0 Å².